The SMILES string of the molecule is COC(=O)CN1C(=O)CC1S(=O)c1ccccc1. The van der Waals surface area contributed by atoms with Gasteiger partial charge in [0.25, 0.3) is 0 Å². The molecule has 1 fully saturated rings. The van der Waals surface area contributed by atoms with Crippen LogP contribution in [0.2, 0.25) is 0 Å². The van der Waals surface area contributed by atoms with Crippen LogP contribution in [-0.2, 0) is 25.1 Å². The Hall–Kier alpha value is -1.69. The topological polar surface area (TPSA) is 63.7 Å². The number of likely N-dealkylation sites (tertiary alicyclic amines) is 1. The third-order valence-electron chi connectivity index (χ3n) is 2.77. The molecule has 1 aliphatic heterocycles. The Morgan fingerprint density at radius 1 is 1.44 bits per heavy atom. The van der Waals surface area contributed by atoms with E-state index in [1.54, 1.807) is 24.3 Å². The molecular weight excluding hydrogens is 254 g/mol. The number of β-lactam (4-membered cyclic amide) rings is 1. The number of carbonyl (C=O) groups is 2. The van der Waals surface area contributed by atoms with Crippen molar-refractivity contribution in [3.63, 3.8) is 0 Å². The van der Waals surface area contributed by atoms with Gasteiger partial charge in [-0.25, -0.2) is 0 Å². The third-order valence-corrected chi connectivity index (χ3v) is 4.42. The number of amides is 1. The number of carbonyl (C=O) groups excluding carboxylic acids is 2. The number of ether oxygens (including phenoxy) is 1. The maximum absolute atomic E-state index is 12.2. The molecule has 1 amide bonds. The molecule has 0 N–H and O–H groups in total. The molecular formula is C12H13NO4S. The van der Waals surface area contributed by atoms with Crippen molar-refractivity contribution in [1.29, 1.82) is 0 Å². The van der Waals surface area contributed by atoms with E-state index in [1.807, 2.05) is 6.07 Å². The Morgan fingerprint density at radius 3 is 2.67 bits per heavy atom. The average molecular weight is 267 g/mol. The second kappa shape index (κ2) is 5.30. The van der Waals surface area contributed by atoms with Crippen molar-refractivity contribution in [2.75, 3.05) is 13.7 Å². The number of methoxy groups -OCH3 is 1. The first-order chi connectivity index (χ1) is 8.63. The van der Waals surface area contributed by atoms with Gasteiger partial charge >= 0.3 is 5.97 Å². The Morgan fingerprint density at radius 2 is 2.11 bits per heavy atom. The van der Waals surface area contributed by atoms with Crippen LogP contribution in [0.25, 0.3) is 0 Å². The fraction of sp³-hybridized carbons (Fsp3) is 0.333. The van der Waals surface area contributed by atoms with Gasteiger partial charge in [0.2, 0.25) is 5.91 Å². The molecule has 0 spiro atoms. The van der Waals surface area contributed by atoms with Crippen molar-refractivity contribution in [2.24, 2.45) is 0 Å². The molecule has 1 aliphatic rings. The molecule has 1 aromatic carbocycles. The maximum atomic E-state index is 12.2. The fourth-order valence-electron chi connectivity index (χ4n) is 1.72. The average Bonchev–Trinajstić information content (AvgIpc) is 2.42. The van der Waals surface area contributed by atoms with Gasteiger partial charge in [-0.2, -0.15) is 0 Å². The zero-order chi connectivity index (χ0) is 13.1. The lowest BCUT2D eigenvalue weighted by Crippen LogP contribution is -2.56. The van der Waals surface area contributed by atoms with Crippen LogP contribution in [0, 0.1) is 0 Å². The minimum atomic E-state index is -1.31. The molecule has 0 bridgehead atoms. The lowest BCUT2D eigenvalue weighted by Gasteiger charge is -2.38. The van der Waals surface area contributed by atoms with E-state index in [-0.39, 0.29) is 18.9 Å². The Labute approximate surface area is 107 Å². The quantitative estimate of drug-likeness (QED) is 0.589. The summed E-state index contributed by atoms with van der Waals surface area (Å²) in [5.41, 5.74) is 0. The van der Waals surface area contributed by atoms with E-state index in [0.29, 0.717) is 4.90 Å². The summed E-state index contributed by atoms with van der Waals surface area (Å²) in [6, 6.07) is 8.90. The van der Waals surface area contributed by atoms with Crippen LogP contribution in [0.3, 0.4) is 0 Å². The van der Waals surface area contributed by atoms with E-state index in [9.17, 15) is 13.8 Å². The van der Waals surface area contributed by atoms with E-state index in [4.69, 9.17) is 0 Å². The number of rotatable bonds is 4. The molecule has 2 rings (SSSR count). The molecule has 0 aromatic heterocycles. The monoisotopic (exact) mass is 267 g/mol. The highest BCUT2D eigenvalue weighted by atomic mass is 32.2. The highest BCUT2D eigenvalue weighted by molar-refractivity contribution is 7.85. The summed E-state index contributed by atoms with van der Waals surface area (Å²) >= 11 is 0. The zero-order valence-corrected chi connectivity index (χ0v) is 10.7. The van der Waals surface area contributed by atoms with Gasteiger partial charge in [0, 0.05) is 4.90 Å². The molecule has 1 heterocycles. The molecule has 6 heteroatoms. The first-order valence-corrected chi connectivity index (χ1v) is 6.66. The smallest absolute Gasteiger partial charge is 0.325 e. The lowest BCUT2D eigenvalue weighted by atomic mass is 10.2. The second-order valence-electron chi connectivity index (χ2n) is 3.87. The second-order valence-corrected chi connectivity index (χ2v) is 5.48. The standard InChI is InChI=1S/C12H13NO4S/c1-17-12(15)8-13-10(14)7-11(13)18(16)9-5-3-2-4-6-9/h2-6,11H,7-8H2,1H3. The molecule has 2 atom stereocenters. The van der Waals surface area contributed by atoms with Crippen LogP contribution in [-0.4, -0.2) is 40.0 Å². The minimum Gasteiger partial charge on any atom is -0.468 e. The lowest BCUT2D eigenvalue weighted by molar-refractivity contribution is -0.153. The molecule has 1 saturated heterocycles. The van der Waals surface area contributed by atoms with Gasteiger partial charge in [-0.3, -0.25) is 13.8 Å². The van der Waals surface area contributed by atoms with Crippen molar-refractivity contribution in [3.05, 3.63) is 30.3 Å². The number of esters is 1. The van der Waals surface area contributed by atoms with Crippen LogP contribution in [0.5, 0.6) is 0 Å². The Kier molecular flexibility index (Phi) is 3.76. The van der Waals surface area contributed by atoms with E-state index >= 15 is 0 Å². The van der Waals surface area contributed by atoms with Crippen LogP contribution in [0.4, 0.5) is 0 Å². The molecule has 5 nitrogen and oxygen atoms in total. The van der Waals surface area contributed by atoms with Gasteiger partial charge in [0.1, 0.15) is 11.9 Å². The molecule has 2 unspecified atom stereocenters. The predicted octanol–water partition coefficient (Wildman–Crippen LogP) is 0.526. The van der Waals surface area contributed by atoms with Gasteiger partial charge in [0.15, 0.2) is 0 Å². The summed E-state index contributed by atoms with van der Waals surface area (Å²) in [5, 5.41) is -0.431. The molecule has 18 heavy (non-hydrogen) atoms. The molecule has 1 aromatic rings. The van der Waals surface area contributed by atoms with E-state index in [0.717, 1.165) is 0 Å². The minimum absolute atomic E-state index is 0.140. The number of hydrogen-bond acceptors (Lipinski definition) is 4. The third kappa shape index (κ3) is 2.43. The van der Waals surface area contributed by atoms with Gasteiger partial charge in [-0.15, -0.1) is 0 Å². The van der Waals surface area contributed by atoms with Crippen LogP contribution in [0.1, 0.15) is 6.42 Å². The van der Waals surface area contributed by atoms with Gasteiger partial charge in [-0.05, 0) is 12.1 Å². The summed E-state index contributed by atoms with van der Waals surface area (Å²) in [7, 11) is -0.0535. The highest BCUT2D eigenvalue weighted by Crippen LogP contribution is 2.26. The van der Waals surface area contributed by atoms with Crippen LogP contribution in [0.15, 0.2) is 35.2 Å². The Bertz CT molecular complexity index is 488. The van der Waals surface area contributed by atoms with Crippen molar-refractivity contribution >= 4 is 22.7 Å². The van der Waals surface area contributed by atoms with Crippen molar-refractivity contribution in [2.45, 2.75) is 16.7 Å². The number of hydrogen-bond donors (Lipinski definition) is 0. The van der Waals surface area contributed by atoms with Crippen molar-refractivity contribution < 1.29 is 18.5 Å². The van der Waals surface area contributed by atoms with E-state index in [1.165, 1.54) is 12.0 Å². The fourth-order valence-corrected chi connectivity index (χ4v) is 3.18. The molecule has 0 aliphatic carbocycles. The van der Waals surface area contributed by atoms with E-state index in [2.05, 4.69) is 4.74 Å². The van der Waals surface area contributed by atoms with Gasteiger partial charge in [-0.1, -0.05) is 18.2 Å². The summed E-state index contributed by atoms with van der Waals surface area (Å²) in [5.74, 6) is -0.673. The summed E-state index contributed by atoms with van der Waals surface area (Å²) < 4.78 is 16.7. The summed E-state index contributed by atoms with van der Waals surface area (Å²) in [6.07, 6.45) is 0.207. The van der Waals surface area contributed by atoms with Crippen LogP contribution < -0.4 is 0 Å². The number of nitrogens with zero attached hydrogens (tertiary/aromatic N) is 1. The van der Waals surface area contributed by atoms with Crippen molar-refractivity contribution in [1.82, 2.24) is 4.90 Å². The number of benzene rings is 1. The molecule has 96 valence electrons. The molecule has 0 saturated carbocycles. The van der Waals surface area contributed by atoms with E-state index < -0.39 is 22.1 Å². The Balaban J connectivity index is 2.08. The largest absolute Gasteiger partial charge is 0.468 e. The molecule has 0 radical (unpaired) electrons. The van der Waals surface area contributed by atoms with Crippen molar-refractivity contribution in [3.8, 4) is 0 Å². The van der Waals surface area contributed by atoms with Crippen LogP contribution >= 0.6 is 0 Å². The first kappa shape index (κ1) is 12.8. The zero-order valence-electron chi connectivity index (χ0n) is 9.87. The predicted molar refractivity (Wildman–Crippen MR) is 65.0 cm³/mol. The maximum Gasteiger partial charge on any atom is 0.325 e. The summed E-state index contributed by atoms with van der Waals surface area (Å²) in [6.45, 7) is -0.140. The highest BCUT2D eigenvalue weighted by Gasteiger charge is 2.41. The summed E-state index contributed by atoms with van der Waals surface area (Å²) in [4.78, 5) is 24.5. The van der Waals surface area contributed by atoms with Gasteiger partial charge in [0.05, 0.1) is 24.3 Å². The van der Waals surface area contributed by atoms with Gasteiger partial charge < -0.3 is 9.64 Å². The first-order valence-electron chi connectivity index (χ1n) is 5.45. The normalized spacial score (nSPS) is 20.2.